The van der Waals surface area contributed by atoms with E-state index in [1.165, 1.54) is 11.1 Å². The Kier molecular flexibility index (Phi) is 3.28. The van der Waals surface area contributed by atoms with Crippen molar-refractivity contribution < 1.29 is 4.74 Å². The van der Waals surface area contributed by atoms with Crippen LogP contribution in [-0.4, -0.2) is 0 Å². The maximum atomic E-state index is 6.32. The van der Waals surface area contributed by atoms with Crippen LogP contribution in [0.1, 0.15) is 23.3 Å². The molecule has 3 aromatic rings. The summed E-state index contributed by atoms with van der Waals surface area (Å²) < 4.78 is 6.32. The van der Waals surface area contributed by atoms with Gasteiger partial charge in [0.1, 0.15) is 11.9 Å². The standard InChI is InChI=1S/C20H17NO/c1-3-9-15(10-4-1)19-20(16-11-5-2-6-12-16)22-18-14-8-7-13-17(18)21-19/h1-14,19-21H/t19-,20+/m1/s1. The molecule has 0 saturated heterocycles. The quantitative estimate of drug-likeness (QED) is 0.718. The van der Waals surface area contributed by atoms with Crippen LogP contribution in [0.25, 0.3) is 0 Å². The van der Waals surface area contributed by atoms with Crippen LogP contribution < -0.4 is 10.1 Å². The van der Waals surface area contributed by atoms with Gasteiger partial charge in [-0.25, -0.2) is 0 Å². The number of rotatable bonds is 2. The van der Waals surface area contributed by atoms with Crippen LogP contribution in [0, 0.1) is 0 Å². The summed E-state index contributed by atoms with van der Waals surface area (Å²) >= 11 is 0. The lowest BCUT2D eigenvalue weighted by Gasteiger charge is -2.35. The minimum Gasteiger partial charge on any atom is -0.481 e. The van der Waals surface area contributed by atoms with Crippen molar-refractivity contribution >= 4 is 5.69 Å². The first-order chi connectivity index (χ1) is 10.9. The minimum absolute atomic E-state index is 0.0431. The van der Waals surface area contributed by atoms with Gasteiger partial charge in [-0.15, -0.1) is 0 Å². The van der Waals surface area contributed by atoms with E-state index in [1.807, 2.05) is 30.3 Å². The third-order valence-corrected chi connectivity index (χ3v) is 4.04. The van der Waals surface area contributed by atoms with Crippen molar-refractivity contribution in [3.05, 3.63) is 96.1 Å². The fraction of sp³-hybridized carbons (Fsp3) is 0.100. The van der Waals surface area contributed by atoms with E-state index in [1.54, 1.807) is 0 Å². The molecule has 2 atom stereocenters. The van der Waals surface area contributed by atoms with Gasteiger partial charge >= 0.3 is 0 Å². The summed E-state index contributed by atoms with van der Waals surface area (Å²) in [5, 5.41) is 3.64. The molecule has 22 heavy (non-hydrogen) atoms. The van der Waals surface area contributed by atoms with Gasteiger partial charge in [-0.05, 0) is 23.3 Å². The van der Waals surface area contributed by atoms with E-state index >= 15 is 0 Å². The molecule has 0 saturated carbocycles. The van der Waals surface area contributed by atoms with E-state index in [4.69, 9.17) is 4.74 Å². The fourth-order valence-electron chi connectivity index (χ4n) is 2.96. The van der Waals surface area contributed by atoms with Crippen molar-refractivity contribution in [1.29, 1.82) is 0 Å². The largest absolute Gasteiger partial charge is 0.481 e. The summed E-state index contributed by atoms with van der Waals surface area (Å²) in [6, 6.07) is 29.1. The van der Waals surface area contributed by atoms with Crippen LogP contribution in [0.2, 0.25) is 0 Å². The zero-order valence-corrected chi connectivity index (χ0v) is 12.1. The predicted octanol–water partition coefficient (Wildman–Crippen LogP) is 4.97. The Hall–Kier alpha value is -2.74. The van der Waals surface area contributed by atoms with Crippen molar-refractivity contribution in [3.8, 4) is 5.75 Å². The highest BCUT2D eigenvalue weighted by Gasteiger charge is 2.31. The molecule has 4 rings (SSSR count). The average molecular weight is 287 g/mol. The average Bonchev–Trinajstić information content (AvgIpc) is 2.62. The SMILES string of the molecule is c1ccc([C@H]2Nc3ccccc3O[C@H]2c2ccccc2)cc1. The summed E-state index contributed by atoms with van der Waals surface area (Å²) in [5.74, 6) is 0.906. The number of anilines is 1. The third-order valence-electron chi connectivity index (χ3n) is 4.04. The Morgan fingerprint density at radius 3 is 1.95 bits per heavy atom. The first kappa shape index (κ1) is 13.0. The Labute approximate surface area is 130 Å². The number of ether oxygens (including phenoxy) is 1. The van der Waals surface area contributed by atoms with Crippen molar-refractivity contribution in [2.24, 2.45) is 0 Å². The van der Waals surface area contributed by atoms with Crippen LogP contribution in [0.3, 0.4) is 0 Å². The molecule has 108 valence electrons. The molecule has 2 nitrogen and oxygen atoms in total. The Morgan fingerprint density at radius 2 is 1.23 bits per heavy atom. The topological polar surface area (TPSA) is 21.3 Å². The Balaban J connectivity index is 1.79. The molecule has 2 heteroatoms. The fourth-order valence-corrected chi connectivity index (χ4v) is 2.96. The lowest BCUT2D eigenvalue weighted by Crippen LogP contribution is -2.28. The molecular weight excluding hydrogens is 270 g/mol. The lowest BCUT2D eigenvalue weighted by molar-refractivity contribution is 0.171. The van der Waals surface area contributed by atoms with Gasteiger partial charge in [0.2, 0.25) is 0 Å². The van der Waals surface area contributed by atoms with Gasteiger partial charge in [0.05, 0.1) is 11.7 Å². The molecule has 3 aromatic carbocycles. The van der Waals surface area contributed by atoms with E-state index in [0.717, 1.165) is 11.4 Å². The predicted molar refractivity (Wildman–Crippen MR) is 89.1 cm³/mol. The van der Waals surface area contributed by atoms with E-state index in [-0.39, 0.29) is 12.1 Å². The second-order valence-electron chi connectivity index (χ2n) is 5.48. The van der Waals surface area contributed by atoms with Crippen LogP contribution in [0.5, 0.6) is 5.75 Å². The minimum atomic E-state index is -0.0431. The van der Waals surface area contributed by atoms with Crippen molar-refractivity contribution in [2.45, 2.75) is 12.1 Å². The second-order valence-corrected chi connectivity index (χ2v) is 5.48. The number of benzene rings is 3. The van der Waals surface area contributed by atoms with Crippen LogP contribution >= 0.6 is 0 Å². The zero-order chi connectivity index (χ0) is 14.8. The summed E-state index contributed by atoms with van der Waals surface area (Å²) in [6.45, 7) is 0. The first-order valence-corrected chi connectivity index (χ1v) is 7.54. The number of fused-ring (bicyclic) bond motifs is 1. The zero-order valence-electron chi connectivity index (χ0n) is 12.1. The van der Waals surface area contributed by atoms with Gasteiger partial charge in [-0.2, -0.15) is 0 Å². The lowest BCUT2D eigenvalue weighted by atomic mass is 9.94. The molecule has 0 aliphatic carbocycles. The summed E-state index contributed by atoms with van der Waals surface area (Å²) in [6.07, 6.45) is -0.0431. The van der Waals surface area contributed by atoms with Crippen molar-refractivity contribution in [3.63, 3.8) is 0 Å². The normalized spacial score (nSPS) is 19.6. The maximum absolute atomic E-state index is 6.32. The molecule has 0 aromatic heterocycles. The van der Waals surface area contributed by atoms with E-state index in [0.29, 0.717) is 0 Å². The van der Waals surface area contributed by atoms with E-state index < -0.39 is 0 Å². The Bertz CT molecular complexity index is 688. The molecule has 0 radical (unpaired) electrons. The van der Waals surface area contributed by atoms with Gasteiger partial charge < -0.3 is 10.1 Å². The maximum Gasteiger partial charge on any atom is 0.148 e. The molecule has 0 spiro atoms. The smallest absolute Gasteiger partial charge is 0.148 e. The monoisotopic (exact) mass is 287 g/mol. The highest BCUT2D eigenvalue weighted by molar-refractivity contribution is 5.60. The van der Waals surface area contributed by atoms with Crippen LogP contribution in [0.4, 0.5) is 5.69 Å². The first-order valence-electron chi connectivity index (χ1n) is 7.54. The molecule has 0 amide bonds. The molecule has 1 aliphatic heterocycles. The molecule has 1 heterocycles. The number of nitrogens with one attached hydrogen (secondary N) is 1. The summed E-state index contributed by atoms with van der Waals surface area (Å²) in [7, 11) is 0. The van der Waals surface area contributed by atoms with Gasteiger partial charge in [0.15, 0.2) is 0 Å². The third kappa shape index (κ3) is 2.33. The molecular formula is C20H17NO. The molecule has 0 bridgehead atoms. The van der Waals surface area contributed by atoms with Gasteiger partial charge in [0.25, 0.3) is 0 Å². The summed E-state index contributed by atoms with van der Waals surface area (Å²) in [5.41, 5.74) is 3.45. The second kappa shape index (κ2) is 5.57. The van der Waals surface area contributed by atoms with E-state index in [2.05, 4.69) is 59.9 Å². The van der Waals surface area contributed by atoms with Gasteiger partial charge in [-0.3, -0.25) is 0 Å². The van der Waals surface area contributed by atoms with E-state index in [9.17, 15) is 0 Å². The molecule has 0 unspecified atom stereocenters. The van der Waals surface area contributed by atoms with Crippen molar-refractivity contribution in [1.82, 2.24) is 0 Å². The van der Waals surface area contributed by atoms with Gasteiger partial charge in [0, 0.05) is 0 Å². The number of para-hydroxylation sites is 2. The highest BCUT2D eigenvalue weighted by atomic mass is 16.5. The number of hydrogen-bond acceptors (Lipinski definition) is 2. The number of hydrogen-bond donors (Lipinski definition) is 1. The Morgan fingerprint density at radius 1 is 0.636 bits per heavy atom. The molecule has 1 aliphatic rings. The van der Waals surface area contributed by atoms with Crippen LogP contribution in [-0.2, 0) is 0 Å². The summed E-state index contributed by atoms with van der Waals surface area (Å²) in [4.78, 5) is 0. The molecule has 1 N–H and O–H groups in total. The van der Waals surface area contributed by atoms with Gasteiger partial charge in [-0.1, -0.05) is 72.8 Å². The molecule has 0 fully saturated rings. The highest BCUT2D eigenvalue weighted by Crippen LogP contribution is 2.43. The van der Waals surface area contributed by atoms with Crippen LogP contribution in [0.15, 0.2) is 84.9 Å². The van der Waals surface area contributed by atoms with Crippen molar-refractivity contribution in [2.75, 3.05) is 5.32 Å².